The number of aromatic nitrogens is 2. The van der Waals surface area contributed by atoms with Gasteiger partial charge < -0.3 is 10.8 Å². The lowest BCUT2D eigenvalue weighted by molar-refractivity contribution is 0.475. The maximum absolute atomic E-state index is 9.19. The summed E-state index contributed by atoms with van der Waals surface area (Å²) in [5.41, 5.74) is 7.55. The molecule has 16 heavy (non-hydrogen) atoms. The number of nitrogens with zero attached hydrogens (tertiary/aromatic N) is 2. The number of aromatic hydroxyl groups is 1. The van der Waals surface area contributed by atoms with Gasteiger partial charge in [0.15, 0.2) is 0 Å². The average molecular weight is 217 g/mol. The lowest BCUT2D eigenvalue weighted by Crippen LogP contribution is -2.05. The number of benzene rings is 1. The van der Waals surface area contributed by atoms with Gasteiger partial charge in [0.2, 0.25) is 0 Å². The summed E-state index contributed by atoms with van der Waals surface area (Å²) in [6.45, 7) is 1.52. The van der Waals surface area contributed by atoms with Crippen LogP contribution in [-0.2, 0) is 6.54 Å². The van der Waals surface area contributed by atoms with Crippen molar-refractivity contribution < 1.29 is 5.11 Å². The van der Waals surface area contributed by atoms with E-state index in [0.717, 1.165) is 24.1 Å². The molecule has 1 aromatic carbocycles. The van der Waals surface area contributed by atoms with Crippen molar-refractivity contribution in [2.45, 2.75) is 13.0 Å². The Morgan fingerprint density at radius 1 is 1.19 bits per heavy atom. The highest BCUT2D eigenvalue weighted by atomic mass is 16.3. The minimum atomic E-state index is 0.277. The molecule has 0 aliphatic rings. The van der Waals surface area contributed by atoms with Crippen molar-refractivity contribution in [1.29, 1.82) is 0 Å². The van der Waals surface area contributed by atoms with E-state index in [-0.39, 0.29) is 5.75 Å². The Hall–Kier alpha value is -1.81. The van der Waals surface area contributed by atoms with Gasteiger partial charge in [0.1, 0.15) is 5.75 Å². The molecule has 0 unspecified atom stereocenters. The topological polar surface area (TPSA) is 64.1 Å². The van der Waals surface area contributed by atoms with Crippen LogP contribution in [-0.4, -0.2) is 21.4 Å². The van der Waals surface area contributed by atoms with Gasteiger partial charge in [-0.15, -0.1) is 0 Å². The van der Waals surface area contributed by atoms with E-state index in [1.807, 2.05) is 29.2 Å². The van der Waals surface area contributed by atoms with E-state index < -0.39 is 0 Å². The van der Waals surface area contributed by atoms with Crippen LogP contribution < -0.4 is 5.73 Å². The molecular formula is C12H15N3O. The summed E-state index contributed by atoms with van der Waals surface area (Å²) in [4.78, 5) is 0. The second-order valence-corrected chi connectivity index (χ2v) is 3.68. The van der Waals surface area contributed by atoms with Crippen LogP contribution in [0.5, 0.6) is 5.75 Å². The minimum Gasteiger partial charge on any atom is -0.508 e. The van der Waals surface area contributed by atoms with Gasteiger partial charge in [-0.3, -0.25) is 4.68 Å². The number of hydrogen-bond acceptors (Lipinski definition) is 3. The normalized spacial score (nSPS) is 10.6. The second kappa shape index (κ2) is 4.81. The highest BCUT2D eigenvalue weighted by molar-refractivity contribution is 5.62. The van der Waals surface area contributed by atoms with Crippen LogP contribution in [0.2, 0.25) is 0 Å². The summed E-state index contributed by atoms with van der Waals surface area (Å²) in [6, 6.07) is 7.10. The molecule has 0 spiro atoms. The van der Waals surface area contributed by atoms with Gasteiger partial charge in [0.05, 0.1) is 6.20 Å². The largest absolute Gasteiger partial charge is 0.508 e. The number of rotatable bonds is 4. The van der Waals surface area contributed by atoms with Gasteiger partial charge in [-0.1, -0.05) is 12.1 Å². The molecule has 2 aromatic rings. The Kier molecular flexibility index (Phi) is 3.22. The SMILES string of the molecule is NCCCn1cc(-c2ccc(O)cc2)cn1. The van der Waals surface area contributed by atoms with Gasteiger partial charge in [-0.25, -0.2) is 0 Å². The summed E-state index contributed by atoms with van der Waals surface area (Å²) in [6.07, 6.45) is 4.74. The lowest BCUT2D eigenvalue weighted by Gasteiger charge is -1.98. The summed E-state index contributed by atoms with van der Waals surface area (Å²) < 4.78 is 1.88. The van der Waals surface area contributed by atoms with Crippen LogP contribution in [0.25, 0.3) is 11.1 Å². The molecule has 4 heteroatoms. The van der Waals surface area contributed by atoms with Crippen LogP contribution in [0.3, 0.4) is 0 Å². The van der Waals surface area contributed by atoms with Crippen LogP contribution in [0.1, 0.15) is 6.42 Å². The van der Waals surface area contributed by atoms with Crippen molar-refractivity contribution in [3.05, 3.63) is 36.7 Å². The standard InChI is InChI=1S/C12H15N3O/c13-6-1-7-15-9-11(8-14-15)10-2-4-12(16)5-3-10/h2-5,8-9,16H,1,6-7,13H2. The van der Waals surface area contributed by atoms with Crippen molar-refractivity contribution in [1.82, 2.24) is 9.78 Å². The third-order valence-corrected chi connectivity index (χ3v) is 2.43. The fraction of sp³-hybridized carbons (Fsp3) is 0.250. The van der Waals surface area contributed by atoms with Crippen LogP contribution in [0.15, 0.2) is 36.7 Å². The predicted molar refractivity (Wildman–Crippen MR) is 63.0 cm³/mol. The van der Waals surface area contributed by atoms with Gasteiger partial charge >= 0.3 is 0 Å². The first-order chi connectivity index (χ1) is 7.79. The molecule has 0 atom stereocenters. The maximum atomic E-state index is 9.19. The molecule has 0 aliphatic heterocycles. The molecule has 4 nitrogen and oxygen atoms in total. The molecule has 0 bridgehead atoms. The van der Waals surface area contributed by atoms with Crippen molar-refractivity contribution in [3.63, 3.8) is 0 Å². The van der Waals surface area contributed by atoms with E-state index in [1.54, 1.807) is 12.1 Å². The predicted octanol–water partition coefficient (Wildman–Crippen LogP) is 1.60. The first-order valence-corrected chi connectivity index (χ1v) is 5.31. The van der Waals surface area contributed by atoms with Crippen molar-refractivity contribution >= 4 is 0 Å². The fourth-order valence-electron chi connectivity index (χ4n) is 1.54. The number of hydrogen-bond donors (Lipinski definition) is 2. The number of phenols is 1. The maximum Gasteiger partial charge on any atom is 0.115 e. The van der Waals surface area contributed by atoms with Gasteiger partial charge in [-0.2, -0.15) is 5.10 Å². The average Bonchev–Trinajstić information content (AvgIpc) is 2.76. The highest BCUT2D eigenvalue weighted by Crippen LogP contribution is 2.20. The second-order valence-electron chi connectivity index (χ2n) is 3.68. The quantitative estimate of drug-likeness (QED) is 0.817. The summed E-state index contributed by atoms with van der Waals surface area (Å²) in [7, 11) is 0. The van der Waals surface area contributed by atoms with E-state index >= 15 is 0 Å². The van der Waals surface area contributed by atoms with E-state index in [0.29, 0.717) is 6.54 Å². The Labute approximate surface area is 94.3 Å². The monoisotopic (exact) mass is 217 g/mol. The van der Waals surface area contributed by atoms with E-state index in [4.69, 9.17) is 5.73 Å². The van der Waals surface area contributed by atoms with Crippen molar-refractivity contribution in [2.75, 3.05) is 6.54 Å². The summed E-state index contributed by atoms with van der Waals surface area (Å²) in [5.74, 6) is 0.277. The molecule has 84 valence electrons. The molecule has 2 rings (SSSR count). The molecule has 0 amide bonds. The van der Waals surface area contributed by atoms with Crippen molar-refractivity contribution in [3.8, 4) is 16.9 Å². The Morgan fingerprint density at radius 2 is 1.94 bits per heavy atom. The smallest absolute Gasteiger partial charge is 0.115 e. The summed E-state index contributed by atoms with van der Waals surface area (Å²) >= 11 is 0. The molecule has 0 aliphatic carbocycles. The van der Waals surface area contributed by atoms with Gasteiger partial charge in [-0.05, 0) is 30.7 Å². The number of nitrogens with two attached hydrogens (primary N) is 1. The van der Waals surface area contributed by atoms with Crippen LogP contribution in [0.4, 0.5) is 0 Å². The third kappa shape index (κ3) is 2.41. The fourth-order valence-corrected chi connectivity index (χ4v) is 1.54. The van der Waals surface area contributed by atoms with Gasteiger partial charge in [0, 0.05) is 18.3 Å². The Balaban J connectivity index is 2.15. The van der Waals surface area contributed by atoms with E-state index in [2.05, 4.69) is 5.10 Å². The molecular weight excluding hydrogens is 202 g/mol. The van der Waals surface area contributed by atoms with Crippen molar-refractivity contribution in [2.24, 2.45) is 5.73 Å². The zero-order valence-corrected chi connectivity index (χ0v) is 9.00. The van der Waals surface area contributed by atoms with Gasteiger partial charge in [0.25, 0.3) is 0 Å². The number of phenolic OH excluding ortho intramolecular Hbond substituents is 1. The molecule has 0 saturated heterocycles. The van der Waals surface area contributed by atoms with E-state index in [9.17, 15) is 5.11 Å². The summed E-state index contributed by atoms with van der Waals surface area (Å²) in [5, 5.41) is 13.4. The highest BCUT2D eigenvalue weighted by Gasteiger charge is 2.01. The zero-order valence-electron chi connectivity index (χ0n) is 9.00. The van der Waals surface area contributed by atoms with Crippen LogP contribution in [0, 0.1) is 0 Å². The molecule has 0 radical (unpaired) electrons. The first kappa shape index (κ1) is 10.7. The molecule has 1 heterocycles. The Bertz CT molecular complexity index is 448. The van der Waals surface area contributed by atoms with Crippen LogP contribution >= 0.6 is 0 Å². The first-order valence-electron chi connectivity index (χ1n) is 5.31. The lowest BCUT2D eigenvalue weighted by atomic mass is 10.1. The number of aryl methyl sites for hydroxylation is 1. The molecule has 0 fully saturated rings. The molecule has 0 saturated carbocycles. The molecule has 3 N–H and O–H groups in total. The Morgan fingerprint density at radius 3 is 2.62 bits per heavy atom. The minimum absolute atomic E-state index is 0.277. The third-order valence-electron chi connectivity index (χ3n) is 2.43. The molecule has 1 aromatic heterocycles. The van der Waals surface area contributed by atoms with E-state index in [1.165, 1.54) is 0 Å². The zero-order chi connectivity index (χ0) is 11.4.